The second kappa shape index (κ2) is 7.07. The van der Waals surface area contributed by atoms with Gasteiger partial charge in [0.1, 0.15) is 0 Å². The largest absolute Gasteiger partial charge is 0.391 e. The van der Waals surface area contributed by atoms with Gasteiger partial charge in [-0.15, -0.1) is 5.10 Å². The van der Waals surface area contributed by atoms with E-state index < -0.39 is 6.10 Å². The number of amides is 1. The van der Waals surface area contributed by atoms with Gasteiger partial charge in [0.15, 0.2) is 5.69 Å². The summed E-state index contributed by atoms with van der Waals surface area (Å²) >= 11 is 0. The van der Waals surface area contributed by atoms with E-state index in [2.05, 4.69) is 15.6 Å². The van der Waals surface area contributed by atoms with E-state index in [-0.39, 0.29) is 18.1 Å². The van der Waals surface area contributed by atoms with E-state index in [1.54, 1.807) is 0 Å². The van der Waals surface area contributed by atoms with Crippen molar-refractivity contribution in [1.82, 2.24) is 20.3 Å². The Morgan fingerprint density at radius 2 is 2.33 bits per heavy atom. The lowest BCUT2D eigenvalue weighted by Crippen LogP contribution is -2.33. The molecule has 0 bridgehead atoms. The summed E-state index contributed by atoms with van der Waals surface area (Å²) in [7, 11) is 0. The minimum Gasteiger partial charge on any atom is -0.391 e. The number of hydrogen-bond acceptors (Lipinski definition) is 5. The van der Waals surface area contributed by atoms with Gasteiger partial charge in [-0.25, -0.2) is 0 Å². The average molecular weight is 255 g/mol. The van der Waals surface area contributed by atoms with Crippen molar-refractivity contribution in [3.63, 3.8) is 0 Å². The maximum Gasteiger partial charge on any atom is 0.273 e. The highest BCUT2D eigenvalue weighted by atomic mass is 16.3. The first-order chi connectivity index (χ1) is 8.52. The molecule has 102 valence electrons. The average Bonchev–Trinajstić information content (AvgIpc) is 2.74. The van der Waals surface area contributed by atoms with Crippen molar-refractivity contribution in [3.8, 4) is 0 Å². The molecule has 1 aromatic rings. The Balaban J connectivity index is 2.40. The van der Waals surface area contributed by atoms with E-state index in [1.807, 2.05) is 13.8 Å². The predicted molar refractivity (Wildman–Crippen MR) is 66.9 cm³/mol. The molecule has 0 aliphatic heterocycles. The van der Waals surface area contributed by atoms with Crippen molar-refractivity contribution in [2.45, 2.75) is 32.9 Å². The van der Waals surface area contributed by atoms with E-state index in [0.717, 1.165) is 0 Å². The van der Waals surface area contributed by atoms with Crippen molar-refractivity contribution >= 4 is 5.91 Å². The van der Waals surface area contributed by atoms with Crippen LogP contribution in [0.4, 0.5) is 0 Å². The Labute approximate surface area is 106 Å². The molecule has 1 amide bonds. The highest BCUT2D eigenvalue weighted by Gasteiger charge is 2.13. The van der Waals surface area contributed by atoms with E-state index >= 15 is 0 Å². The molecular weight excluding hydrogens is 234 g/mol. The zero-order valence-corrected chi connectivity index (χ0v) is 10.8. The van der Waals surface area contributed by atoms with Crippen LogP contribution >= 0.6 is 0 Å². The zero-order chi connectivity index (χ0) is 13.5. The minimum absolute atomic E-state index is 0.223. The van der Waals surface area contributed by atoms with Crippen molar-refractivity contribution < 1.29 is 9.90 Å². The summed E-state index contributed by atoms with van der Waals surface area (Å²) in [6.45, 7) is 5.22. The van der Waals surface area contributed by atoms with Crippen LogP contribution in [0.25, 0.3) is 0 Å². The fraction of sp³-hybridized carbons (Fsp3) is 0.727. The first-order valence-corrected chi connectivity index (χ1v) is 6.09. The summed E-state index contributed by atoms with van der Waals surface area (Å²) in [4.78, 5) is 11.7. The van der Waals surface area contributed by atoms with Crippen LogP contribution < -0.4 is 11.1 Å². The highest BCUT2D eigenvalue weighted by molar-refractivity contribution is 5.91. The Kier molecular flexibility index (Phi) is 5.73. The third kappa shape index (κ3) is 4.80. The van der Waals surface area contributed by atoms with Gasteiger partial charge in [-0.05, 0) is 12.3 Å². The van der Waals surface area contributed by atoms with Gasteiger partial charge in [0.2, 0.25) is 0 Å². The van der Waals surface area contributed by atoms with Gasteiger partial charge in [0.05, 0.1) is 18.8 Å². The van der Waals surface area contributed by atoms with Crippen LogP contribution in [0.3, 0.4) is 0 Å². The Morgan fingerprint density at radius 1 is 1.61 bits per heavy atom. The minimum atomic E-state index is -0.534. The Hall–Kier alpha value is -1.47. The molecule has 0 spiro atoms. The van der Waals surface area contributed by atoms with Crippen molar-refractivity contribution in [2.75, 3.05) is 13.1 Å². The highest BCUT2D eigenvalue weighted by Crippen LogP contribution is 2.03. The summed E-state index contributed by atoms with van der Waals surface area (Å²) in [5, 5.41) is 19.8. The first-order valence-electron chi connectivity index (χ1n) is 6.09. The van der Waals surface area contributed by atoms with E-state index in [1.165, 1.54) is 10.9 Å². The fourth-order valence-electron chi connectivity index (χ4n) is 1.57. The number of rotatable bonds is 7. The molecule has 0 aromatic carbocycles. The lowest BCUT2D eigenvalue weighted by atomic mass is 10.1. The molecule has 18 heavy (non-hydrogen) atoms. The molecule has 1 aromatic heterocycles. The zero-order valence-electron chi connectivity index (χ0n) is 10.8. The number of hydrogen-bond donors (Lipinski definition) is 3. The molecule has 0 aliphatic rings. The summed E-state index contributed by atoms with van der Waals surface area (Å²) in [5.74, 6) is 0.0587. The molecule has 1 atom stereocenters. The van der Waals surface area contributed by atoms with Crippen LogP contribution in [0.2, 0.25) is 0 Å². The van der Waals surface area contributed by atoms with Crippen LogP contribution in [0.15, 0.2) is 6.20 Å². The van der Waals surface area contributed by atoms with E-state index in [4.69, 9.17) is 5.73 Å². The SMILES string of the molecule is CC(C)CC(O)CNC(=O)c1cn(CCN)nn1. The maximum atomic E-state index is 11.7. The molecule has 0 fully saturated rings. The second-order valence-corrected chi connectivity index (χ2v) is 4.65. The summed E-state index contributed by atoms with van der Waals surface area (Å²) in [6.07, 6.45) is 1.66. The van der Waals surface area contributed by atoms with E-state index in [9.17, 15) is 9.90 Å². The lowest BCUT2D eigenvalue weighted by molar-refractivity contribution is 0.0895. The fourth-order valence-corrected chi connectivity index (χ4v) is 1.57. The predicted octanol–water partition coefficient (Wildman–Crippen LogP) is -0.626. The van der Waals surface area contributed by atoms with Gasteiger partial charge in [-0.1, -0.05) is 19.1 Å². The summed E-state index contributed by atoms with van der Waals surface area (Å²) in [6, 6.07) is 0. The first kappa shape index (κ1) is 14.6. The van der Waals surface area contributed by atoms with Gasteiger partial charge in [-0.3, -0.25) is 9.48 Å². The standard InChI is InChI=1S/C11H21N5O2/c1-8(2)5-9(17)6-13-11(18)10-7-16(4-3-12)15-14-10/h7-9,17H,3-6,12H2,1-2H3,(H,13,18). The van der Waals surface area contributed by atoms with Crippen molar-refractivity contribution in [3.05, 3.63) is 11.9 Å². The molecule has 7 heteroatoms. The number of aliphatic hydroxyl groups is 1. The van der Waals surface area contributed by atoms with Gasteiger partial charge in [0.25, 0.3) is 5.91 Å². The Morgan fingerprint density at radius 3 is 2.94 bits per heavy atom. The van der Waals surface area contributed by atoms with Gasteiger partial charge in [-0.2, -0.15) is 0 Å². The number of carbonyl (C=O) groups is 1. The topological polar surface area (TPSA) is 106 Å². The normalized spacial score (nSPS) is 12.7. The molecular formula is C11H21N5O2. The van der Waals surface area contributed by atoms with Gasteiger partial charge < -0.3 is 16.2 Å². The van der Waals surface area contributed by atoms with Gasteiger partial charge >= 0.3 is 0 Å². The number of aromatic nitrogens is 3. The van der Waals surface area contributed by atoms with Crippen LogP contribution in [-0.4, -0.2) is 45.2 Å². The second-order valence-electron chi connectivity index (χ2n) is 4.65. The molecule has 1 rings (SSSR count). The molecule has 7 nitrogen and oxygen atoms in total. The molecule has 4 N–H and O–H groups in total. The number of nitrogens with two attached hydrogens (primary N) is 1. The quantitative estimate of drug-likeness (QED) is 0.601. The number of aliphatic hydroxyl groups excluding tert-OH is 1. The molecule has 1 unspecified atom stereocenters. The Bertz CT molecular complexity index is 377. The molecule has 0 aliphatic carbocycles. The van der Waals surface area contributed by atoms with Crippen LogP contribution in [0.5, 0.6) is 0 Å². The van der Waals surface area contributed by atoms with E-state index in [0.29, 0.717) is 25.4 Å². The van der Waals surface area contributed by atoms with Crippen molar-refractivity contribution in [2.24, 2.45) is 11.7 Å². The molecule has 1 heterocycles. The molecule has 0 saturated carbocycles. The summed E-state index contributed by atoms with van der Waals surface area (Å²) in [5.41, 5.74) is 5.60. The van der Waals surface area contributed by atoms with Crippen LogP contribution in [-0.2, 0) is 6.54 Å². The van der Waals surface area contributed by atoms with Crippen molar-refractivity contribution in [1.29, 1.82) is 0 Å². The third-order valence-electron chi connectivity index (χ3n) is 2.37. The maximum absolute atomic E-state index is 11.7. The van der Waals surface area contributed by atoms with Crippen LogP contribution in [0.1, 0.15) is 30.8 Å². The summed E-state index contributed by atoms with van der Waals surface area (Å²) < 4.78 is 1.51. The number of nitrogens with zero attached hydrogens (tertiary/aromatic N) is 3. The molecule has 0 saturated heterocycles. The van der Waals surface area contributed by atoms with Crippen LogP contribution in [0, 0.1) is 5.92 Å². The van der Waals surface area contributed by atoms with Gasteiger partial charge in [0, 0.05) is 13.1 Å². The number of carbonyl (C=O) groups excluding carboxylic acids is 1. The third-order valence-corrected chi connectivity index (χ3v) is 2.37. The molecule has 0 radical (unpaired) electrons. The smallest absolute Gasteiger partial charge is 0.273 e. The lowest BCUT2D eigenvalue weighted by Gasteiger charge is -2.12. The monoisotopic (exact) mass is 255 g/mol. The number of nitrogens with one attached hydrogen (secondary N) is 1.